The average molecular weight is 177 g/mol. The largest absolute Gasteiger partial charge is 0.396 e. The van der Waals surface area contributed by atoms with Crippen molar-refractivity contribution in [1.29, 1.82) is 0 Å². The summed E-state index contributed by atoms with van der Waals surface area (Å²) in [6.07, 6.45) is 8.01. The predicted molar refractivity (Wildman–Crippen MR) is 51.0 cm³/mol. The summed E-state index contributed by atoms with van der Waals surface area (Å²) < 4.78 is 1.99. The molecule has 0 saturated heterocycles. The minimum absolute atomic E-state index is 0.781. The molecule has 0 aliphatic heterocycles. The lowest BCUT2D eigenvalue weighted by Gasteiger charge is -2.10. The van der Waals surface area contributed by atoms with E-state index in [1.165, 1.54) is 19.3 Å². The van der Waals surface area contributed by atoms with Crippen LogP contribution in [0.5, 0.6) is 0 Å². The molecule has 13 heavy (non-hydrogen) atoms. The van der Waals surface area contributed by atoms with Gasteiger partial charge in [0.05, 0.1) is 11.9 Å². The number of nitrogen functional groups attached to an aromatic ring is 1. The summed E-state index contributed by atoms with van der Waals surface area (Å²) in [6, 6.07) is 0. The van der Waals surface area contributed by atoms with E-state index in [0.29, 0.717) is 0 Å². The summed E-state index contributed by atoms with van der Waals surface area (Å²) in [6.45, 7) is 1.07. The van der Waals surface area contributed by atoms with Crippen molar-refractivity contribution in [2.24, 2.45) is 17.8 Å². The van der Waals surface area contributed by atoms with Crippen molar-refractivity contribution in [1.82, 2.24) is 9.78 Å². The summed E-state index contributed by atoms with van der Waals surface area (Å²) in [5, 5.41) is 4.21. The Hall–Kier alpha value is -0.990. The SMILES string of the molecule is Nc1cnn(CC2CC3CC3C2)c1. The third kappa shape index (κ3) is 1.32. The van der Waals surface area contributed by atoms with Gasteiger partial charge in [0.15, 0.2) is 0 Å². The molecule has 2 N–H and O–H groups in total. The molecular formula is C10H15N3. The smallest absolute Gasteiger partial charge is 0.0719 e. The standard InChI is InChI=1S/C10H15N3/c11-10-4-12-13(6-10)5-7-1-8-3-9(8)2-7/h4,6-9H,1-3,5,11H2. The second-order valence-electron chi connectivity index (χ2n) is 4.59. The van der Waals surface area contributed by atoms with E-state index in [-0.39, 0.29) is 0 Å². The molecule has 70 valence electrons. The molecule has 2 atom stereocenters. The van der Waals surface area contributed by atoms with Crippen LogP contribution in [0.1, 0.15) is 19.3 Å². The lowest BCUT2D eigenvalue weighted by molar-refractivity contribution is 0.395. The molecule has 0 bridgehead atoms. The molecule has 3 nitrogen and oxygen atoms in total. The number of aromatic nitrogens is 2. The number of nitrogens with two attached hydrogens (primary N) is 1. The second-order valence-corrected chi connectivity index (χ2v) is 4.59. The van der Waals surface area contributed by atoms with Crippen molar-refractivity contribution in [3.05, 3.63) is 12.4 Å². The van der Waals surface area contributed by atoms with Crippen LogP contribution >= 0.6 is 0 Å². The lowest BCUT2D eigenvalue weighted by Crippen LogP contribution is -2.09. The molecule has 2 aliphatic carbocycles. The normalized spacial score (nSPS) is 36.2. The van der Waals surface area contributed by atoms with Gasteiger partial charge in [0.2, 0.25) is 0 Å². The quantitative estimate of drug-likeness (QED) is 0.744. The van der Waals surface area contributed by atoms with Crippen LogP contribution in [-0.2, 0) is 6.54 Å². The molecule has 2 unspecified atom stereocenters. The van der Waals surface area contributed by atoms with Crippen LogP contribution < -0.4 is 5.73 Å². The fourth-order valence-electron chi connectivity index (χ4n) is 2.73. The average Bonchev–Trinajstić information content (AvgIpc) is 2.55. The zero-order chi connectivity index (χ0) is 8.84. The first-order chi connectivity index (χ1) is 6.31. The number of fused-ring (bicyclic) bond motifs is 1. The molecule has 0 amide bonds. The van der Waals surface area contributed by atoms with Gasteiger partial charge in [-0.15, -0.1) is 0 Å². The Kier molecular flexibility index (Phi) is 1.43. The van der Waals surface area contributed by atoms with Crippen molar-refractivity contribution >= 4 is 5.69 Å². The maximum Gasteiger partial charge on any atom is 0.0719 e. The highest BCUT2D eigenvalue weighted by Gasteiger charge is 2.45. The molecule has 2 saturated carbocycles. The molecule has 1 aromatic heterocycles. The van der Waals surface area contributed by atoms with E-state index in [9.17, 15) is 0 Å². The first-order valence-corrected chi connectivity index (χ1v) is 5.09. The van der Waals surface area contributed by atoms with E-state index in [1.54, 1.807) is 6.20 Å². The molecule has 2 fully saturated rings. The van der Waals surface area contributed by atoms with Crippen LogP contribution in [0.25, 0.3) is 0 Å². The maximum atomic E-state index is 5.61. The van der Waals surface area contributed by atoms with Gasteiger partial charge >= 0.3 is 0 Å². The highest BCUT2D eigenvalue weighted by atomic mass is 15.3. The summed E-state index contributed by atoms with van der Waals surface area (Å²) in [7, 11) is 0. The zero-order valence-corrected chi connectivity index (χ0v) is 7.69. The van der Waals surface area contributed by atoms with Crippen molar-refractivity contribution in [3.63, 3.8) is 0 Å². The highest BCUT2D eigenvalue weighted by Crippen LogP contribution is 2.54. The molecule has 0 aromatic carbocycles. The van der Waals surface area contributed by atoms with Crippen LogP contribution in [0.3, 0.4) is 0 Å². The summed E-state index contributed by atoms with van der Waals surface area (Å²) >= 11 is 0. The van der Waals surface area contributed by atoms with Gasteiger partial charge < -0.3 is 5.73 Å². The van der Waals surface area contributed by atoms with Crippen molar-refractivity contribution in [3.8, 4) is 0 Å². The molecule has 3 rings (SSSR count). The van der Waals surface area contributed by atoms with Crippen LogP contribution in [0.4, 0.5) is 5.69 Å². The fraction of sp³-hybridized carbons (Fsp3) is 0.700. The summed E-state index contributed by atoms with van der Waals surface area (Å²) in [5.41, 5.74) is 6.39. The zero-order valence-electron chi connectivity index (χ0n) is 7.69. The molecular weight excluding hydrogens is 162 g/mol. The van der Waals surface area contributed by atoms with Crippen LogP contribution in [-0.4, -0.2) is 9.78 Å². The fourth-order valence-corrected chi connectivity index (χ4v) is 2.73. The van der Waals surface area contributed by atoms with E-state index in [4.69, 9.17) is 5.73 Å². The first-order valence-electron chi connectivity index (χ1n) is 5.09. The van der Waals surface area contributed by atoms with Crippen LogP contribution in [0.2, 0.25) is 0 Å². The van der Waals surface area contributed by atoms with Gasteiger partial charge in [0.25, 0.3) is 0 Å². The molecule has 0 spiro atoms. The van der Waals surface area contributed by atoms with Crippen molar-refractivity contribution < 1.29 is 0 Å². The van der Waals surface area contributed by atoms with Gasteiger partial charge in [-0.1, -0.05) is 0 Å². The Morgan fingerprint density at radius 1 is 1.38 bits per heavy atom. The second kappa shape index (κ2) is 2.50. The van der Waals surface area contributed by atoms with Crippen LogP contribution in [0, 0.1) is 17.8 Å². The van der Waals surface area contributed by atoms with E-state index in [2.05, 4.69) is 5.10 Å². The van der Waals surface area contributed by atoms with Gasteiger partial charge in [-0.25, -0.2) is 0 Å². The maximum absolute atomic E-state index is 5.61. The van der Waals surface area contributed by atoms with E-state index in [0.717, 1.165) is 30.0 Å². The Balaban J connectivity index is 1.63. The summed E-state index contributed by atoms with van der Waals surface area (Å²) in [5.74, 6) is 3.00. The van der Waals surface area contributed by atoms with Gasteiger partial charge in [-0.05, 0) is 37.0 Å². The Morgan fingerprint density at radius 3 is 2.77 bits per heavy atom. The van der Waals surface area contributed by atoms with Gasteiger partial charge in [0, 0.05) is 12.7 Å². The van der Waals surface area contributed by atoms with E-state index >= 15 is 0 Å². The minimum atomic E-state index is 0.781. The van der Waals surface area contributed by atoms with Gasteiger partial charge in [-0.3, -0.25) is 4.68 Å². The third-order valence-corrected chi connectivity index (χ3v) is 3.44. The number of rotatable bonds is 2. The molecule has 1 aromatic rings. The van der Waals surface area contributed by atoms with Crippen molar-refractivity contribution in [2.45, 2.75) is 25.8 Å². The van der Waals surface area contributed by atoms with Crippen molar-refractivity contribution in [2.75, 3.05) is 5.73 Å². The third-order valence-electron chi connectivity index (χ3n) is 3.44. The monoisotopic (exact) mass is 177 g/mol. The highest BCUT2D eigenvalue weighted by molar-refractivity contribution is 5.30. The molecule has 3 heteroatoms. The Labute approximate surface area is 77.9 Å². The Morgan fingerprint density at radius 2 is 2.15 bits per heavy atom. The topological polar surface area (TPSA) is 43.8 Å². The Bertz CT molecular complexity index is 308. The van der Waals surface area contributed by atoms with E-state index in [1.807, 2.05) is 10.9 Å². The number of hydrogen-bond donors (Lipinski definition) is 1. The van der Waals surface area contributed by atoms with Gasteiger partial charge in [0.1, 0.15) is 0 Å². The lowest BCUT2D eigenvalue weighted by atomic mass is 10.0. The molecule has 1 heterocycles. The minimum Gasteiger partial charge on any atom is -0.396 e. The molecule has 2 aliphatic rings. The predicted octanol–water partition coefficient (Wildman–Crippen LogP) is 1.51. The van der Waals surface area contributed by atoms with Crippen LogP contribution in [0.15, 0.2) is 12.4 Å². The van der Waals surface area contributed by atoms with Gasteiger partial charge in [-0.2, -0.15) is 5.10 Å². The first kappa shape index (κ1) is 7.42. The summed E-state index contributed by atoms with van der Waals surface area (Å²) in [4.78, 5) is 0. The number of anilines is 1. The number of nitrogens with zero attached hydrogens (tertiary/aromatic N) is 2. The number of hydrogen-bond acceptors (Lipinski definition) is 2. The molecule has 0 radical (unpaired) electrons. The van der Waals surface area contributed by atoms with E-state index < -0.39 is 0 Å².